The van der Waals surface area contributed by atoms with Crippen molar-refractivity contribution in [2.75, 3.05) is 6.54 Å². The first kappa shape index (κ1) is 10.1. The predicted octanol–water partition coefficient (Wildman–Crippen LogP) is 0.644. The Morgan fingerprint density at radius 3 is 2.67 bits per heavy atom. The van der Waals surface area contributed by atoms with Gasteiger partial charge in [-0.25, -0.2) is 0 Å². The molecule has 1 fully saturated rings. The van der Waals surface area contributed by atoms with Crippen molar-refractivity contribution in [3.63, 3.8) is 0 Å². The highest BCUT2D eigenvalue weighted by molar-refractivity contribution is 6.52. The van der Waals surface area contributed by atoms with E-state index < -0.39 is 4.33 Å². The molecule has 0 spiro atoms. The van der Waals surface area contributed by atoms with Crippen LogP contribution in [0.1, 0.15) is 13.3 Å². The lowest BCUT2D eigenvalue weighted by molar-refractivity contribution is -0.122. The largest absolute Gasteiger partial charge is 0.354 e. The third kappa shape index (κ3) is 2.51. The summed E-state index contributed by atoms with van der Waals surface area (Å²) in [5.74, 6) is -0.350. The van der Waals surface area contributed by atoms with Gasteiger partial charge in [-0.15, -0.1) is 23.2 Å². The lowest BCUT2D eigenvalue weighted by Crippen LogP contribution is -2.36. The van der Waals surface area contributed by atoms with Gasteiger partial charge in [0, 0.05) is 12.6 Å². The van der Waals surface area contributed by atoms with Crippen molar-refractivity contribution in [1.29, 1.82) is 0 Å². The minimum atomic E-state index is -0.831. The number of amides is 1. The Morgan fingerprint density at radius 1 is 1.83 bits per heavy atom. The Kier molecular flexibility index (Phi) is 2.86. The molecular weight excluding hydrogens is 199 g/mol. The summed E-state index contributed by atoms with van der Waals surface area (Å²) in [4.78, 5) is 11.2. The molecule has 2 unspecified atom stereocenters. The lowest BCUT2D eigenvalue weighted by Gasteiger charge is -2.07. The number of hydrogen-bond donors (Lipinski definition) is 2. The summed E-state index contributed by atoms with van der Waals surface area (Å²) in [6, 6.07) is -0.0345. The van der Waals surface area contributed by atoms with Gasteiger partial charge >= 0.3 is 0 Å². The molecule has 0 bridgehead atoms. The van der Waals surface area contributed by atoms with E-state index in [1.807, 2.05) is 6.92 Å². The highest BCUT2D eigenvalue weighted by Crippen LogP contribution is 2.53. The van der Waals surface area contributed by atoms with E-state index in [9.17, 15) is 4.79 Å². The molecule has 0 aromatic carbocycles. The molecule has 3 N–H and O–H groups in total. The van der Waals surface area contributed by atoms with Gasteiger partial charge < -0.3 is 11.1 Å². The summed E-state index contributed by atoms with van der Waals surface area (Å²) < 4.78 is -0.831. The Bertz CT molecular complexity index is 194. The van der Waals surface area contributed by atoms with Crippen molar-refractivity contribution in [3.8, 4) is 0 Å². The number of halogens is 2. The van der Waals surface area contributed by atoms with E-state index >= 15 is 0 Å². The molecule has 0 aromatic rings. The maximum atomic E-state index is 11.2. The van der Waals surface area contributed by atoms with Crippen molar-refractivity contribution in [1.82, 2.24) is 5.32 Å². The Labute approximate surface area is 81.6 Å². The van der Waals surface area contributed by atoms with Crippen LogP contribution in [-0.2, 0) is 4.79 Å². The van der Waals surface area contributed by atoms with Crippen molar-refractivity contribution in [3.05, 3.63) is 0 Å². The Morgan fingerprint density at radius 2 is 2.33 bits per heavy atom. The summed E-state index contributed by atoms with van der Waals surface area (Å²) in [5.41, 5.74) is 5.45. The summed E-state index contributed by atoms with van der Waals surface area (Å²) in [5, 5.41) is 2.67. The van der Waals surface area contributed by atoms with Crippen LogP contribution in [-0.4, -0.2) is 22.8 Å². The maximum Gasteiger partial charge on any atom is 0.226 e. The van der Waals surface area contributed by atoms with Gasteiger partial charge in [0.05, 0.1) is 5.92 Å². The fourth-order valence-electron chi connectivity index (χ4n) is 0.883. The fourth-order valence-corrected chi connectivity index (χ4v) is 1.39. The number of carbonyl (C=O) groups is 1. The van der Waals surface area contributed by atoms with Gasteiger partial charge in [0.25, 0.3) is 0 Å². The second-order valence-electron chi connectivity index (χ2n) is 3.24. The normalized spacial score (nSPS) is 27.8. The molecule has 1 aliphatic carbocycles. The number of nitrogens with two attached hydrogens (primary N) is 1. The lowest BCUT2D eigenvalue weighted by atomic mass is 10.3. The van der Waals surface area contributed by atoms with Crippen LogP contribution in [0, 0.1) is 5.92 Å². The molecule has 0 saturated heterocycles. The number of carbonyl (C=O) groups excluding carboxylic acids is 1. The van der Waals surface area contributed by atoms with Crippen molar-refractivity contribution < 1.29 is 4.79 Å². The molecule has 0 radical (unpaired) electrons. The standard InChI is InChI=1S/C7H12Cl2N2O/c1-4(10)3-11-6(12)5-2-7(5,8)9/h4-5H,2-3,10H2,1H3,(H,11,12). The molecule has 2 atom stereocenters. The van der Waals surface area contributed by atoms with E-state index in [2.05, 4.69) is 5.32 Å². The predicted molar refractivity (Wildman–Crippen MR) is 49.2 cm³/mol. The maximum absolute atomic E-state index is 11.2. The SMILES string of the molecule is CC(N)CNC(=O)C1CC1(Cl)Cl. The number of rotatable bonds is 3. The first-order valence-corrected chi connectivity index (χ1v) is 4.60. The second kappa shape index (κ2) is 3.40. The molecule has 1 amide bonds. The zero-order valence-corrected chi connectivity index (χ0v) is 8.32. The Balaban J connectivity index is 2.23. The topological polar surface area (TPSA) is 55.1 Å². The first-order chi connectivity index (χ1) is 5.43. The van der Waals surface area contributed by atoms with Gasteiger partial charge in [0.1, 0.15) is 4.33 Å². The van der Waals surface area contributed by atoms with Gasteiger partial charge in [-0.1, -0.05) is 0 Å². The first-order valence-electron chi connectivity index (χ1n) is 3.84. The molecule has 0 heterocycles. The monoisotopic (exact) mass is 210 g/mol. The zero-order valence-electron chi connectivity index (χ0n) is 6.81. The van der Waals surface area contributed by atoms with Crippen LogP contribution >= 0.6 is 23.2 Å². The van der Waals surface area contributed by atoms with E-state index in [0.29, 0.717) is 13.0 Å². The third-order valence-corrected chi connectivity index (χ3v) is 2.58. The highest BCUT2D eigenvalue weighted by Gasteiger charge is 2.56. The summed E-state index contributed by atoms with van der Waals surface area (Å²) >= 11 is 11.4. The smallest absolute Gasteiger partial charge is 0.226 e. The van der Waals surface area contributed by atoms with Crippen LogP contribution in [0.3, 0.4) is 0 Å². The van der Waals surface area contributed by atoms with Gasteiger partial charge in [-0.2, -0.15) is 0 Å². The van der Waals surface area contributed by atoms with Crippen LogP contribution in [0.25, 0.3) is 0 Å². The molecule has 5 heteroatoms. The van der Waals surface area contributed by atoms with Gasteiger partial charge in [0.15, 0.2) is 0 Å². The zero-order chi connectivity index (χ0) is 9.35. The van der Waals surface area contributed by atoms with Crippen LogP contribution in [0.15, 0.2) is 0 Å². The Hall–Kier alpha value is 0.01000. The van der Waals surface area contributed by atoms with Crippen molar-refractivity contribution in [2.45, 2.75) is 23.7 Å². The van der Waals surface area contributed by atoms with Crippen molar-refractivity contribution in [2.24, 2.45) is 11.7 Å². The average molecular weight is 211 g/mol. The summed E-state index contributed by atoms with van der Waals surface area (Å²) in [7, 11) is 0. The second-order valence-corrected chi connectivity index (χ2v) is 4.78. The van der Waals surface area contributed by atoms with Crippen LogP contribution < -0.4 is 11.1 Å². The van der Waals surface area contributed by atoms with E-state index in [1.165, 1.54) is 0 Å². The van der Waals surface area contributed by atoms with Crippen LogP contribution in [0.5, 0.6) is 0 Å². The molecule has 1 saturated carbocycles. The average Bonchev–Trinajstić information content (AvgIpc) is 2.55. The molecule has 1 rings (SSSR count). The molecule has 12 heavy (non-hydrogen) atoms. The highest BCUT2D eigenvalue weighted by atomic mass is 35.5. The molecule has 70 valence electrons. The third-order valence-electron chi connectivity index (χ3n) is 1.74. The van der Waals surface area contributed by atoms with Gasteiger partial charge in [-0.3, -0.25) is 4.79 Å². The number of hydrogen-bond acceptors (Lipinski definition) is 2. The van der Waals surface area contributed by atoms with E-state index in [1.54, 1.807) is 0 Å². The van der Waals surface area contributed by atoms with Crippen molar-refractivity contribution >= 4 is 29.1 Å². The quantitative estimate of drug-likeness (QED) is 0.673. The van der Waals surface area contributed by atoms with Crippen LogP contribution in [0.2, 0.25) is 0 Å². The summed E-state index contributed by atoms with van der Waals surface area (Å²) in [6.07, 6.45) is 0.543. The molecular formula is C7H12Cl2N2O. The molecule has 0 aliphatic heterocycles. The van der Waals surface area contributed by atoms with E-state index in [-0.39, 0.29) is 17.9 Å². The number of nitrogens with one attached hydrogen (secondary N) is 1. The molecule has 0 aromatic heterocycles. The number of alkyl halides is 2. The van der Waals surface area contributed by atoms with E-state index in [4.69, 9.17) is 28.9 Å². The molecule has 3 nitrogen and oxygen atoms in total. The van der Waals surface area contributed by atoms with Gasteiger partial charge in [-0.05, 0) is 13.3 Å². The summed E-state index contributed by atoms with van der Waals surface area (Å²) in [6.45, 7) is 2.29. The van der Waals surface area contributed by atoms with E-state index in [0.717, 1.165) is 0 Å². The van der Waals surface area contributed by atoms with Crippen LogP contribution in [0.4, 0.5) is 0 Å². The minimum absolute atomic E-state index is 0.0345. The molecule has 1 aliphatic rings. The fraction of sp³-hybridized carbons (Fsp3) is 0.857. The minimum Gasteiger partial charge on any atom is -0.354 e. The van der Waals surface area contributed by atoms with Gasteiger partial charge in [0.2, 0.25) is 5.91 Å².